The molecule has 0 aliphatic carbocycles. The first-order valence-corrected chi connectivity index (χ1v) is 9.73. The molecule has 2 N–H and O–H groups in total. The lowest BCUT2D eigenvalue weighted by atomic mass is 10.1. The molecule has 152 valence electrons. The average molecular weight is 387 g/mol. The summed E-state index contributed by atoms with van der Waals surface area (Å²) in [6, 6.07) is 7.98. The lowest BCUT2D eigenvalue weighted by Gasteiger charge is -2.23. The summed E-state index contributed by atoms with van der Waals surface area (Å²) in [6.45, 7) is 9.12. The van der Waals surface area contributed by atoms with Crippen molar-refractivity contribution in [1.82, 2.24) is 14.9 Å². The molecule has 1 atom stereocenters. The van der Waals surface area contributed by atoms with Gasteiger partial charge in [0, 0.05) is 36.0 Å². The number of hydrogen-bond donors (Lipinski definition) is 2. The number of hydrogen-bond acceptors (Lipinski definition) is 7. The number of non-ortho nitro benzene ring substituents is 1. The number of rotatable bonds is 11. The van der Waals surface area contributed by atoms with E-state index >= 15 is 0 Å². The van der Waals surface area contributed by atoms with E-state index in [1.807, 2.05) is 13.0 Å². The molecule has 2 aromatic rings. The standard InChI is InChI=1S/C20H29N5O3/c1-4-16-13-19(21-17(14-26)11-12-24(5-2)6-3)23-20(22-16)15-7-9-18(10-8-15)25(27)28/h7-10,13,17,26H,4-6,11-12,14H2,1-3H3,(H,21,22,23)/t17-/m1/s1. The number of aliphatic hydroxyl groups excluding tert-OH is 1. The lowest BCUT2D eigenvalue weighted by molar-refractivity contribution is -0.384. The van der Waals surface area contributed by atoms with Crippen LogP contribution in [0.5, 0.6) is 0 Å². The maximum atomic E-state index is 10.8. The number of nitro benzene ring substituents is 1. The summed E-state index contributed by atoms with van der Waals surface area (Å²) in [7, 11) is 0. The molecule has 0 amide bonds. The van der Waals surface area contributed by atoms with Crippen molar-refractivity contribution in [3.05, 3.63) is 46.1 Å². The Labute approximate surface area is 165 Å². The van der Waals surface area contributed by atoms with Gasteiger partial charge >= 0.3 is 0 Å². The van der Waals surface area contributed by atoms with Crippen molar-refractivity contribution in [1.29, 1.82) is 0 Å². The highest BCUT2D eigenvalue weighted by molar-refractivity contribution is 5.59. The van der Waals surface area contributed by atoms with Crippen LogP contribution >= 0.6 is 0 Å². The van der Waals surface area contributed by atoms with E-state index in [0.29, 0.717) is 17.2 Å². The second kappa shape index (κ2) is 10.7. The number of benzene rings is 1. The van der Waals surface area contributed by atoms with Crippen LogP contribution in [0.15, 0.2) is 30.3 Å². The predicted octanol–water partition coefficient (Wildman–Crippen LogP) is 3.12. The molecule has 0 fully saturated rings. The second-order valence-electron chi connectivity index (χ2n) is 6.57. The Morgan fingerprint density at radius 2 is 1.86 bits per heavy atom. The molecule has 1 aromatic carbocycles. The molecule has 0 aliphatic rings. The third kappa shape index (κ3) is 5.97. The van der Waals surface area contributed by atoms with Gasteiger partial charge in [-0.1, -0.05) is 20.8 Å². The summed E-state index contributed by atoms with van der Waals surface area (Å²) >= 11 is 0. The number of anilines is 1. The molecule has 0 spiro atoms. The van der Waals surface area contributed by atoms with Crippen LogP contribution in [0.3, 0.4) is 0 Å². The summed E-state index contributed by atoms with van der Waals surface area (Å²) < 4.78 is 0. The molecule has 0 radical (unpaired) electrons. The van der Waals surface area contributed by atoms with Crippen molar-refractivity contribution in [2.75, 3.05) is 31.6 Å². The average Bonchev–Trinajstić information content (AvgIpc) is 2.73. The van der Waals surface area contributed by atoms with E-state index in [9.17, 15) is 15.2 Å². The van der Waals surface area contributed by atoms with Crippen LogP contribution in [-0.2, 0) is 6.42 Å². The molecule has 8 heteroatoms. The number of nitrogens with one attached hydrogen (secondary N) is 1. The van der Waals surface area contributed by atoms with Gasteiger partial charge in [-0.2, -0.15) is 0 Å². The quantitative estimate of drug-likeness (QED) is 0.451. The lowest BCUT2D eigenvalue weighted by Crippen LogP contribution is -2.32. The Hall–Kier alpha value is -2.58. The summed E-state index contributed by atoms with van der Waals surface area (Å²) in [5.74, 6) is 1.16. The van der Waals surface area contributed by atoms with Crippen LogP contribution in [0.4, 0.5) is 11.5 Å². The van der Waals surface area contributed by atoms with E-state index in [-0.39, 0.29) is 18.3 Å². The number of nitro groups is 1. The molecule has 0 unspecified atom stereocenters. The zero-order valence-corrected chi connectivity index (χ0v) is 16.8. The zero-order chi connectivity index (χ0) is 20.5. The van der Waals surface area contributed by atoms with Gasteiger partial charge in [0.2, 0.25) is 0 Å². The van der Waals surface area contributed by atoms with E-state index in [4.69, 9.17) is 0 Å². The van der Waals surface area contributed by atoms with Gasteiger partial charge < -0.3 is 15.3 Å². The van der Waals surface area contributed by atoms with Gasteiger partial charge in [-0.3, -0.25) is 10.1 Å². The summed E-state index contributed by atoms with van der Waals surface area (Å²) in [6.07, 6.45) is 1.54. The van der Waals surface area contributed by atoms with Gasteiger partial charge in [0.1, 0.15) is 5.82 Å². The first-order valence-electron chi connectivity index (χ1n) is 9.73. The Morgan fingerprint density at radius 3 is 2.39 bits per heavy atom. The Kier molecular flexibility index (Phi) is 8.28. The van der Waals surface area contributed by atoms with Gasteiger partial charge in [0.15, 0.2) is 5.82 Å². The van der Waals surface area contributed by atoms with E-state index in [1.54, 1.807) is 12.1 Å². The SMILES string of the molecule is CCc1cc(N[C@@H](CO)CCN(CC)CC)nc(-c2ccc([N+](=O)[O-])cc2)n1. The molecule has 2 rings (SSSR count). The highest BCUT2D eigenvalue weighted by Gasteiger charge is 2.13. The molecule has 8 nitrogen and oxygen atoms in total. The van der Waals surface area contributed by atoms with E-state index < -0.39 is 4.92 Å². The van der Waals surface area contributed by atoms with Gasteiger partial charge in [0.05, 0.1) is 17.6 Å². The van der Waals surface area contributed by atoms with Crippen LogP contribution in [0.25, 0.3) is 11.4 Å². The van der Waals surface area contributed by atoms with Crippen molar-refractivity contribution in [2.24, 2.45) is 0 Å². The van der Waals surface area contributed by atoms with Crippen molar-refractivity contribution in [2.45, 2.75) is 39.7 Å². The Balaban J connectivity index is 2.20. The Morgan fingerprint density at radius 1 is 1.18 bits per heavy atom. The first-order chi connectivity index (χ1) is 13.5. The molecule has 28 heavy (non-hydrogen) atoms. The number of aromatic nitrogens is 2. The van der Waals surface area contributed by atoms with Crippen LogP contribution in [-0.4, -0.2) is 57.2 Å². The van der Waals surface area contributed by atoms with Gasteiger partial charge in [-0.15, -0.1) is 0 Å². The summed E-state index contributed by atoms with van der Waals surface area (Å²) in [4.78, 5) is 21.8. The van der Waals surface area contributed by atoms with Gasteiger partial charge in [-0.05, 0) is 38.1 Å². The fraction of sp³-hybridized carbons (Fsp3) is 0.500. The molecule has 0 saturated carbocycles. The number of nitrogens with zero attached hydrogens (tertiary/aromatic N) is 4. The van der Waals surface area contributed by atoms with Crippen LogP contribution in [0.2, 0.25) is 0 Å². The minimum absolute atomic E-state index is 0.0135. The molecule has 0 saturated heterocycles. The van der Waals surface area contributed by atoms with Gasteiger partial charge in [-0.25, -0.2) is 9.97 Å². The monoisotopic (exact) mass is 387 g/mol. The van der Waals surface area contributed by atoms with Crippen molar-refractivity contribution >= 4 is 11.5 Å². The largest absolute Gasteiger partial charge is 0.394 e. The van der Waals surface area contributed by atoms with E-state index in [0.717, 1.165) is 38.2 Å². The fourth-order valence-electron chi connectivity index (χ4n) is 2.91. The van der Waals surface area contributed by atoms with Crippen molar-refractivity contribution in [3.63, 3.8) is 0 Å². The Bertz CT molecular complexity index is 763. The smallest absolute Gasteiger partial charge is 0.269 e. The number of aryl methyl sites for hydroxylation is 1. The third-order valence-corrected chi connectivity index (χ3v) is 4.74. The minimum atomic E-state index is -0.429. The third-order valence-electron chi connectivity index (χ3n) is 4.74. The van der Waals surface area contributed by atoms with Crippen LogP contribution in [0.1, 0.15) is 32.9 Å². The summed E-state index contributed by atoms with van der Waals surface area (Å²) in [5.41, 5.74) is 1.62. The fourth-order valence-corrected chi connectivity index (χ4v) is 2.91. The van der Waals surface area contributed by atoms with Crippen LogP contribution in [0, 0.1) is 10.1 Å². The van der Waals surface area contributed by atoms with Crippen molar-refractivity contribution < 1.29 is 10.0 Å². The molecule has 0 bridgehead atoms. The number of aliphatic hydroxyl groups is 1. The zero-order valence-electron chi connectivity index (χ0n) is 16.8. The molecular formula is C20H29N5O3. The topological polar surface area (TPSA) is 104 Å². The molecule has 1 aromatic heterocycles. The van der Waals surface area contributed by atoms with Crippen LogP contribution < -0.4 is 5.32 Å². The highest BCUT2D eigenvalue weighted by Crippen LogP contribution is 2.22. The highest BCUT2D eigenvalue weighted by atomic mass is 16.6. The van der Waals surface area contributed by atoms with E-state index in [1.165, 1.54) is 12.1 Å². The first kappa shape index (κ1) is 21.7. The normalized spacial score (nSPS) is 12.2. The predicted molar refractivity (Wildman–Crippen MR) is 110 cm³/mol. The minimum Gasteiger partial charge on any atom is -0.394 e. The van der Waals surface area contributed by atoms with Crippen molar-refractivity contribution in [3.8, 4) is 11.4 Å². The van der Waals surface area contributed by atoms with E-state index in [2.05, 4.69) is 34.0 Å². The summed E-state index contributed by atoms with van der Waals surface area (Å²) in [5, 5.41) is 23.9. The molecule has 1 heterocycles. The second-order valence-corrected chi connectivity index (χ2v) is 6.57. The molecular weight excluding hydrogens is 358 g/mol. The molecule has 0 aliphatic heterocycles. The maximum Gasteiger partial charge on any atom is 0.269 e. The maximum absolute atomic E-state index is 10.8. The van der Waals surface area contributed by atoms with Gasteiger partial charge in [0.25, 0.3) is 5.69 Å².